The maximum atomic E-state index is 13.1. The maximum absolute atomic E-state index is 13.1. The van der Waals surface area contributed by atoms with E-state index in [1.54, 1.807) is 11.8 Å². The molecule has 7 heteroatoms. The van der Waals surface area contributed by atoms with E-state index in [4.69, 9.17) is 9.84 Å². The largest absolute Gasteiger partial charge is 0.497 e. The van der Waals surface area contributed by atoms with Crippen molar-refractivity contribution >= 4 is 18.3 Å². The highest BCUT2D eigenvalue weighted by molar-refractivity contribution is 6.00. The van der Waals surface area contributed by atoms with Gasteiger partial charge in [-0.05, 0) is 50.6 Å². The van der Waals surface area contributed by atoms with Crippen LogP contribution in [-0.2, 0) is 0 Å². The number of aromatic nitrogens is 2. The molecule has 1 aromatic heterocycles. The minimum absolute atomic E-state index is 0. The van der Waals surface area contributed by atoms with Gasteiger partial charge in [-0.1, -0.05) is 29.8 Å². The maximum Gasteiger partial charge on any atom is 0.255 e. The molecule has 2 heterocycles. The first-order chi connectivity index (χ1) is 14.1. The number of nitrogens with zero attached hydrogens (tertiary/aromatic N) is 2. The Hall–Kier alpha value is -2.83. The molecule has 4 rings (SSSR count). The number of carbonyl (C=O) groups is 1. The van der Waals surface area contributed by atoms with Crippen molar-refractivity contribution in [1.82, 2.24) is 20.4 Å². The van der Waals surface area contributed by atoms with E-state index in [-0.39, 0.29) is 24.4 Å². The highest BCUT2D eigenvalue weighted by atomic mass is 35.5. The fourth-order valence-corrected chi connectivity index (χ4v) is 3.59. The summed E-state index contributed by atoms with van der Waals surface area (Å²) in [5.74, 6) is 0.630. The Morgan fingerprint density at radius 1 is 1.23 bits per heavy atom. The summed E-state index contributed by atoms with van der Waals surface area (Å²) in [7, 11) is 1.63. The van der Waals surface area contributed by atoms with Crippen molar-refractivity contribution in [3.63, 3.8) is 0 Å². The molecule has 1 aliphatic rings. The molecule has 1 aliphatic heterocycles. The molecular weight excluding hydrogens is 400 g/mol. The number of rotatable bonds is 5. The molecule has 1 fully saturated rings. The van der Waals surface area contributed by atoms with Crippen LogP contribution in [0.2, 0.25) is 0 Å². The van der Waals surface area contributed by atoms with Crippen LogP contribution in [0.5, 0.6) is 5.75 Å². The van der Waals surface area contributed by atoms with Crippen LogP contribution in [-0.4, -0.2) is 41.9 Å². The molecule has 30 heavy (non-hydrogen) atoms. The first-order valence-corrected chi connectivity index (χ1v) is 9.97. The van der Waals surface area contributed by atoms with Gasteiger partial charge in [-0.25, -0.2) is 4.68 Å². The van der Waals surface area contributed by atoms with E-state index in [0.717, 1.165) is 42.9 Å². The van der Waals surface area contributed by atoms with Crippen molar-refractivity contribution in [1.29, 1.82) is 0 Å². The van der Waals surface area contributed by atoms with E-state index in [2.05, 4.69) is 10.6 Å². The predicted molar refractivity (Wildman–Crippen MR) is 121 cm³/mol. The van der Waals surface area contributed by atoms with E-state index in [1.165, 1.54) is 5.56 Å². The number of hydrogen-bond acceptors (Lipinski definition) is 4. The lowest BCUT2D eigenvalue weighted by Gasteiger charge is -2.23. The fourth-order valence-electron chi connectivity index (χ4n) is 3.59. The molecule has 3 aromatic rings. The molecule has 2 aromatic carbocycles. The van der Waals surface area contributed by atoms with Gasteiger partial charge in [0.05, 0.1) is 18.4 Å². The third-order valence-electron chi connectivity index (χ3n) is 5.23. The number of aryl methyl sites for hydroxylation is 1. The molecule has 0 bridgehead atoms. The number of piperidine rings is 1. The van der Waals surface area contributed by atoms with E-state index < -0.39 is 0 Å². The van der Waals surface area contributed by atoms with Gasteiger partial charge in [0.15, 0.2) is 0 Å². The van der Waals surface area contributed by atoms with Gasteiger partial charge in [0.1, 0.15) is 11.4 Å². The third-order valence-corrected chi connectivity index (χ3v) is 5.23. The number of benzene rings is 2. The quantitative estimate of drug-likeness (QED) is 0.651. The Balaban J connectivity index is 0.00000256. The summed E-state index contributed by atoms with van der Waals surface area (Å²) < 4.78 is 7.13. The summed E-state index contributed by atoms with van der Waals surface area (Å²) >= 11 is 0. The first-order valence-electron chi connectivity index (χ1n) is 9.97. The van der Waals surface area contributed by atoms with E-state index in [1.807, 2.05) is 61.7 Å². The van der Waals surface area contributed by atoms with Gasteiger partial charge in [0.2, 0.25) is 0 Å². The molecule has 1 saturated heterocycles. The lowest BCUT2D eigenvalue weighted by Crippen LogP contribution is -2.45. The summed E-state index contributed by atoms with van der Waals surface area (Å²) in [6.45, 7) is 3.85. The zero-order valence-corrected chi connectivity index (χ0v) is 18.0. The highest BCUT2D eigenvalue weighted by Gasteiger charge is 2.22. The Morgan fingerprint density at radius 2 is 2.03 bits per heavy atom. The van der Waals surface area contributed by atoms with Crippen molar-refractivity contribution in [2.24, 2.45) is 0 Å². The second-order valence-corrected chi connectivity index (χ2v) is 7.42. The zero-order valence-electron chi connectivity index (χ0n) is 17.2. The van der Waals surface area contributed by atoms with Crippen molar-refractivity contribution in [3.05, 3.63) is 65.9 Å². The number of ether oxygens (including phenoxy) is 1. The zero-order chi connectivity index (χ0) is 20.2. The molecule has 0 saturated carbocycles. The Labute approximate surface area is 183 Å². The minimum Gasteiger partial charge on any atom is -0.497 e. The number of nitrogens with one attached hydrogen (secondary N) is 2. The summed E-state index contributed by atoms with van der Waals surface area (Å²) in [4.78, 5) is 13.1. The van der Waals surface area contributed by atoms with E-state index in [0.29, 0.717) is 11.3 Å². The minimum atomic E-state index is -0.102. The average molecular weight is 427 g/mol. The molecular formula is C23H27ClN4O2. The molecule has 2 N–H and O–H groups in total. The van der Waals surface area contributed by atoms with E-state index in [9.17, 15) is 4.79 Å². The molecule has 0 unspecified atom stereocenters. The smallest absolute Gasteiger partial charge is 0.255 e. The van der Waals surface area contributed by atoms with Crippen LogP contribution in [0.1, 0.15) is 28.8 Å². The van der Waals surface area contributed by atoms with Crippen LogP contribution in [0.15, 0.2) is 54.7 Å². The highest BCUT2D eigenvalue weighted by Crippen LogP contribution is 2.27. The van der Waals surface area contributed by atoms with Crippen molar-refractivity contribution in [3.8, 4) is 22.7 Å². The molecule has 0 aliphatic carbocycles. The fraction of sp³-hybridized carbons (Fsp3) is 0.304. The number of hydrogen-bond donors (Lipinski definition) is 2. The summed E-state index contributed by atoms with van der Waals surface area (Å²) in [5, 5.41) is 11.3. The second kappa shape index (κ2) is 9.78. The van der Waals surface area contributed by atoms with Gasteiger partial charge in [0.25, 0.3) is 5.91 Å². The summed E-state index contributed by atoms with van der Waals surface area (Å²) in [5.41, 5.74) is 4.15. The normalized spacial score (nSPS) is 15.9. The van der Waals surface area contributed by atoms with Crippen LogP contribution in [0.25, 0.3) is 16.9 Å². The third kappa shape index (κ3) is 4.83. The van der Waals surface area contributed by atoms with Gasteiger partial charge in [0, 0.05) is 24.3 Å². The lowest BCUT2D eigenvalue weighted by molar-refractivity contribution is 0.0931. The number of halogens is 1. The first kappa shape index (κ1) is 21.9. The molecule has 0 spiro atoms. The standard InChI is InChI=1S/C23H26N4O2.ClH/c1-16-8-10-19(11-9-16)27-15-21(23(28)25-18-6-4-12-24-14-18)22(26-27)17-5-3-7-20(13-17)29-2;/h3,5,7-11,13,15,18,24H,4,6,12,14H2,1-2H3,(H,25,28);1H/t18-;/m0./s1. The lowest BCUT2D eigenvalue weighted by atomic mass is 10.0. The Kier molecular flexibility index (Phi) is 7.13. The van der Waals surface area contributed by atoms with Crippen molar-refractivity contribution < 1.29 is 9.53 Å². The predicted octanol–water partition coefficient (Wildman–Crippen LogP) is 3.76. The van der Waals surface area contributed by atoms with Gasteiger partial charge in [-0.3, -0.25) is 4.79 Å². The number of carbonyl (C=O) groups excluding carboxylic acids is 1. The number of methoxy groups -OCH3 is 1. The van der Waals surface area contributed by atoms with Crippen LogP contribution < -0.4 is 15.4 Å². The Morgan fingerprint density at radius 3 is 2.73 bits per heavy atom. The van der Waals surface area contributed by atoms with Crippen LogP contribution in [0.4, 0.5) is 0 Å². The van der Waals surface area contributed by atoms with Gasteiger partial charge >= 0.3 is 0 Å². The van der Waals surface area contributed by atoms with E-state index >= 15 is 0 Å². The SMILES string of the molecule is COc1cccc(-c2nn(-c3ccc(C)cc3)cc2C(=O)N[C@H]2CCCNC2)c1.Cl. The monoisotopic (exact) mass is 426 g/mol. The van der Waals surface area contributed by atoms with Gasteiger partial charge < -0.3 is 15.4 Å². The topological polar surface area (TPSA) is 68.2 Å². The molecule has 1 atom stereocenters. The van der Waals surface area contributed by atoms with Gasteiger partial charge in [-0.15, -0.1) is 12.4 Å². The van der Waals surface area contributed by atoms with Crippen LogP contribution in [0.3, 0.4) is 0 Å². The number of amides is 1. The summed E-state index contributed by atoms with van der Waals surface area (Å²) in [6.07, 6.45) is 3.86. The molecule has 158 valence electrons. The van der Waals surface area contributed by atoms with Crippen molar-refractivity contribution in [2.75, 3.05) is 20.2 Å². The Bertz CT molecular complexity index is 995. The molecule has 0 radical (unpaired) electrons. The molecule has 6 nitrogen and oxygen atoms in total. The summed E-state index contributed by atoms with van der Waals surface area (Å²) in [6, 6.07) is 15.9. The van der Waals surface area contributed by atoms with Crippen LogP contribution >= 0.6 is 12.4 Å². The van der Waals surface area contributed by atoms with Crippen LogP contribution in [0, 0.1) is 6.92 Å². The second-order valence-electron chi connectivity index (χ2n) is 7.42. The molecule has 1 amide bonds. The van der Waals surface area contributed by atoms with Gasteiger partial charge in [-0.2, -0.15) is 5.10 Å². The average Bonchev–Trinajstić information content (AvgIpc) is 3.21. The van der Waals surface area contributed by atoms with Crippen molar-refractivity contribution in [2.45, 2.75) is 25.8 Å².